The summed E-state index contributed by atoms with van der Waals surface area (Å²) in [4.78, 5) is 17.6. The van der Waals surface area contributed by atoms with Crippen molar-refractivity contribution in [3.63, 3.8) is 0 Å². The molecule has 0 aromatic carbocycles. The minimum Gasteiger partial charge on any atom is -0.303 e. The van der Waals surface area contributed by atoms with Gasteiger partial charge in [-0.25, -0.2) is 4.57 Å². The van der Waals surface area contributed by atoms with Crippen LogP contribution < -0.4 is 0 Å². The highest BCUT2D eigenvalue weighted by Gasteiger charge is 2.20. The molecule has 0 aromatic rings. The molecule has 4 nitrogen and oxygen atoms in total. The summed E-state index contributed by atoms with van der Waals surface area (Å²) in [6.45, 7) is 4.18. The van der Waals surface area contributed by atoms with Crippen molar-refractivity contribution >= 4 is 7.82 Å². The van der Waals surface area contributed by atoms with Crippen molar-refractivity contribution in [1.82, 2.24) is 0 Å². The van der Waals surface area contributed by atoms with Crippen molar-refractivity contribution < 1.29 is 18.9 Å². The van der Waals surface area contributed by atoms with Crippen molar-refractivity contribution in [3.8, 4) is 0 Å². The van der Waals surface area contributed by atoms with Crippen LogP contribution in [0.5, 0.6) is 0 Å². The van der Waals surface area contributed by atoms with Gasteiger partial charge in [0, 0.05) is 0 Å². The SMILES string of the molecule is CCCCCCCCC(CCC)OP(=O)(O)O. The van der Waals surface area contributed by atoms with Crippen LogP contribution in [0.3, 0.4) is 0 Å². The molecule has 0 bridgehead atoms. The molecule has 0 amide bonds. The predicted molar refractivity (Wildman–Crippen MR) is 69.8 cm³/mol. The molecule has 0 aliphatic carbocycles. The second-order valence-corrected chi connectivity index (χ2v) is 5.76. The maximum atomic E-state index is 10.8. The Morgan fingerprint density at radius 3 is 2.06 bits per heavy atom. The van der Waals surface area contributed by atoms with E-state index < -0.39 is 7.82 Å². The molecule has 0 radical (unpaired) electrons. The number of hydrogen-bond acceptors (Lipinski definition) is 2. The van der Waals surface area contributed by atoms with Gasteiger partial charge in [-0.1, -0.05) is 58.8 Å². The monoisotopic (exact) mass is 266 g/mol. The zero-order chi connectivity index (χ0) is 13.1. The lowest BCUT2D eigenvalue weighted by atomic mass is 10.0. The van der Waals surface area contributed by atoms with Gasteiger partial charge >= 0.3 is 7.82 Å². The Balaban J connectivity index is 3.66. The number of unbranched alkanes of at least 4 members (excludes halogenated alkanes) is 5. The number of phosphoric acid groups is 1. The summed E-state index contributed by atoms with van der Waals surface area (Å²) in [6, 6.07) is 0. The molecule has 0 saturated carbocycles. The van der Waals surface area contributed by atoms with Gasteiger partial charge in [-0.3, -0.25) is 4.52 Å². The lowest BCUT2D eigenvalue weighted by Crippen LogP contribution is -2.11. The van der Waals surface area contributed by atoms with Crippen LogP contribution in [0, 0.1) is 0 Å². The third-order valence-electron chi connectivity index (χ3n) is 2.78. The molecular weight excluding hydrogens is 239 g/mol. The minimum absolute atomic E-state index is 0.285. The van der Waals surface area contributed by atoms with Crippen LogP contribution in [-0.2, 0) is 9.09 Å². The van der Waals surface area contributed by atoms with E-state index in [4.69, 9.17) is 14.3 Å². The molecule has 104 valence electrons. The maximum Gasteiger partial charge on any atom is 0.469 e. The normalized spacial score (nSPS) is 13.9. The van der Waals surface area contributed by atoms with E-state index >= 15 is 0 Å². The zero-order valence-electron chi connectivity index (χ0n) is 11.1. The summed E-state index contributed by atoms with van der Waals surface area (Å²) >= 11 is 0. The Kier molecular flexibility index (Phi) is 10.1. The summed E-state index contributed by atoms with van der Waals surface area (Å²) in [6.07, 6.45) is 9.19. The van der Waals surface area contributed by atoms with E-state index in [1.165, 1.54) is 25.7 Å². The van der Waals surface area contributed by atoms with Crippen LogP contribution in [0.15, 0.2) is 0 Å². The Hall–Kier alpha value is 0.110. The van der Waals surface area contributed by atoms with E-state index in [1.54, 1.807) is 0 Å². The smallest absolute Gasteiger partial charge is 0.303 e. The molecule has 0 rings (SSSR count). The van der Waals surface area contributed by atoms with Crippen molar-refractivity contribution in [2.24, 2.45) is 0 Å². The Labute approximate surface area is 105 Å². The Morgan fingerprint density at radius 2 is 1.53 bits per heavy atom. The summed E-state index contributed by atoms with van der Waals surface area (Å²) in [7, 11) is -4.32. The summed E-state index contributed by atoms with van der Waals surface area (Å²) in [5, 5.41) is 0. The van der Waals surface area contributed by atoms with Crippen molar-refractivity contribution in [2.45, 2.75) is 77.7 Å². The van der Waals surface area contributed by atoms with Gasteiger partial charge in [-0.05, 0) is 12.8 Å². The van der Waals surface area contributed by atoms with Gasteiger partial charge in [-0.2, -0.15) is 0 Å². The first-order valence-electron chi connectivity index (χ1n) is 6.73. The molecule has 0 aromatic heterocycles. The second kappa shape index (κ2) is 10.1. The zero-order valence-corrected chi connectivity index (χ0v) is 12.0. The first-order valence-corrected chi connectivity index (χ1v) is 8.26. The van der Waals surface area contributed by atoms with Crippen molar-refractivity contribution in [2.75, 3.05) is 0 Å². The molecule has 5 heteroatoms. The van der Waals surface area contributed by atoms with Crippen molar-refractivity contribution in [3.05, 3.63) is 0 Å². The Bertz CT molecular complexity index is 215. The van der Waals surface area contributed by atoms with Crippen LogP contribution in [0.2, 0.25) is 0 Å². The summed E-state index contributed by atoms with van der Waals surface area (Å²) in [5.41, 5.74) is 0. The fourth-order valence-corrected chi connectivity index (χ4v) is 2.52. The molecule has 0 spiro atoms. The van der Waals surface area contributed by atoms with E-state index in [2.05, 4.69) is 6.92 Å². The van der Waals surface area contributed by atoms with E-state index in [1.807, 2.05) is 6.92 Å². The van der Waals surface area contributed by atoms with E-state index in [9.17, 15) is 4.57 Å². The first-order chi connectivity index (χ1) is 7.99. The number of phosphoric ester groups is 1. The second-order valence-electron chi connectivity index (χ2n) is 4.56. The topological polar surface area (TPSA) is 66.8 Å². The fourth-order valence-electron chi connectivity index (χ4n) is 1.92. The number of rotatable bonds is 11. The van der Waals surface area contributed by atoms with Gasteiger partial charge in [-0.15, -0.1) is 0 Å². The molecule has 0 heterocycles. The number of hydrogen-bond donors (Lipinski definition) is 2. The van der Waals surface area contributed by atoms with Crippen LogP contribution in [0.25, 0.3) is 0 Å². The minimum atomic E-state index is -4.32. The first kappa shape index (κ1) is 17.1. The van der Waals surface area contributed by atoms with Crippen LogP contribution in [0.1, 0.15) is 71.6 Å². The third kappa shape index (κ3) is 12.4. The molecule has 2 N–H and O–H groups in total. The quantitative estimate of drug-likeness (QED) is 0.438. The largest absolute Gasteiger partial charge is 0.469 e. The van der Waals surface area contributed by atoms with Gasteiger partial charge in [0.25, 0.3) is 0 Å². The van der Waals surface area contributed by atoms with Crippen LogP contribution in [0.4, 0.5) is 0 Å². The highest BCUT2D eigenvalue weighted by atomic mass is 31.2. The Morgan fingerprint density at radius 1 is 0.941 bits per heavy atom. The van der Waals surface area contributed by atoms with Gasteiger partial charge in [0.2, 0.25) is 0 Å². The maximum absolute atomic E-state index is 10.8. The van der Waals surface area contributed by atoms with Gasteiger partial charge < -0.3 is 9.79 Å². The molecule has 17 heavy (non-hydrogen) atoms. The molecular formula is C12H27O4P. The average Bonchev–Trinajstić information content (AvgIpc) is 2.21. The molecule has 0 aliphatic heterocycles. The molecule has 0 fully saturated rings. The highest BCUT2D eigenvalue weighted by molar-refractivity contribution is 7.46. The standard InChI is InChI=1S/C12H27O4P/c1-3-5-6-7-8-9-11-12(10-4-2)16-17(13,14)15/h12H,3-11H2,1-2H3,(H2,13,14,15). The van der Waals surface area contributed by atoms with Gasteiger partial charge in [0.15, 0.2) is 0 Å². The lowest BCUT2D eigenvalue weighted by molar-refractivity contribution is 0.117. The van der Waals surface area contributed by atoms with Gasteiger partial charge in [0.1, 0.15) is 0 Å². The van der Waals surface area contributed by atoms with Crippen LogP contribution in [-0.4, -0.2) is 15.9 Å². The molecule has 0 aliphatic rings. The third-order valence-corrected chi connectivity index (χ3v) is 3.35. The fraction of sp³-hybridized carbons (Fsp3) is 1.00. The van der Waals surface area contributed by atoms with E-state index in [0.29, 0.717) is 0 Å². The summed E-state index contributed by atoms with van der Waals surface area (Å²) in [5.74, 6) is 0. The molecule has 1 atom stereocenters. The van der Waals surface area contributed by atoms with E-state index in [0.717, 1.165) is 32.1 Å². The highest BCUT2D eigenvalue weighted by Crippen LogP contribution is 2.39. The van der Waals surface area contributed by atoms with Gasteiger partial charge in [0.05, 0.1) is 6.10 Å². The average molecular weight is 266 g/mol. The predicted octanol–water partition coefficient (Wildman–Crippen LogP) is 4.02. The lowest BCUT2D eigenvalue weighted by Gasteiger charge is -2.17. The molecule has 0 saturated heterocycles. The molecule has 1 unspecified atom stereocenters. The van der Waals surface area contributed by atoms with E-state index in [-0.39, 0.29) is 6.10 Å². The van der Waals surface area contributed by atoms with Crippen LogP contribution >= 0.6 is 7.82 Å². The summed E-state index contributed by atoms with van der Waals surface area (Å²) < 4.78 is 15.5. The van der Waals surface area contributed by atoms with Crippen molar-refractivity contribution in [1.29, 1.82) is 0 Å².